The zero-order valence-corrected chi connectivity index (χ0v) is 16.9. The minimum absolute atomic E-state index is 0.0424. The predicted molar refractivity (Wildman–Crippen MR) is 105 cm³/mol. The number of methoxy groups -OCH3 is 1. The maximum absolute atomic E-state index is 12.9. The maximum Gasteiger partial charge on any atom is 0.256 e. The number of hydrogen-bond acceptors (Lipinski definition) is 5. The molecule has 7 heteroatoms. The maximum atomic E-state index is 12.9. The van der Waals surface area contributed by atoms with E-state index in [4.69, 9.17) is 4.74 Å². The normalized spacial score (nSPS) is 22.7. The summed E-state index contributed by atoms with van der Waals surface area (Å²) < 4.78 is 5.46. The minimum Gasteiger partial charge on any atom is -0.481 e. The van der Waals surface area contributed by atoms with Crippen LogP contribution in [0.5, 0.6) is 5.88 Å². The molecule has 152 valence electrons. The van der Waals surface area contributed by atoms with E-state index in [-0.39, 0.29) is 17.9 Å². The molecule has 3 heterocycles. The van der Waals surface area contributed by atoms with Gasteiger partial charge in [-0.15, -0.1) is 0 Å². The lowest BCUT2D eigenvalue weighted by Crippen LogP contribution is -2.42. The standard InChI is InChI=1S/C21H30N4O3/c1-3-24-10-6-9-18(24)19(26)22-12-14-11-16-17(23-20(14)28-2)13-25(21(16)27)15-7-4-5-8-15/h11,15,18H,3-10,12-13H2,1-2H3,(H,22,26)/t18-/m1/s1. The Bertz CT molecular complexity index is 760. The van der Waals surface area contributed by atoms with E-state index in [1.54, 1.807) is 7.11 Å². The molecule has 0 unspecified atom stereocenters. The van der Waals surface area contributed by atoms with E-state index in [2.05, 4.69) is 22.1 Å². The fraction of sp³-hybridized carbons (Fsp3) is 0.667. The predicted octanol–water partition coefficient (Wildman–Crippen LogP) is 2.09. The minimum atomic E-state index is -0.0575. The number of aromatic nitrogens is 1. The van der Waals surface area contributed by atoms with Gasteiger partial charge in [-0.1, -0.05) is 19.8 Å². The lowest BCUT2D eigenvalue weighted by molar-refractivity contribution is -0.125. The second-order valence-electron chi connectivity index (χ2n) is 8.03. The van der Waals surface area contributed by atoms with Crippen LogP contribution in [0.3, 0.4) is 0 Å². The van der Waals surface area contributed by atoms with Crippen molar-refractivity contribution in [1.29, 1.82) is 0 Å². The van der Waals surface area contributed by atoms with Crippen molar-refractivity contribution in [2.24, 2.45) is 0 Å². The van der Waals surface area contributed by atoms with Crippen LogP contribution in [-0.2, 0) is 17.9 Å². The van der Waals surface area contributed by atoms with E-state index < -0.39 is 0 Å². The Kier molecular flexibility index (Phi) is 5.53. The molecule has 0 radical (unpaired) electrons. The SMILES string of the molecule is CCN1CCC[C@@H]1C(=O)NCc1cc2c(nc1OC)CN(C1CCCC1)C2=O. The molecule has 1 aromatic rings. The Morgan fingerprint density at radius 3 is 2.79 bits per heavy atom. The number of carbonyl (C=O) groups excluding carboxylic acids is 2. The summed E-state index contributed by atoms with van der Waals surface area (Å²) in [7, 11) is 1.58. The monoisotopic (exact) mass is 386 g/mol. The highest BCUT2D eigenvalue weighted by Crippen LogP contribution is 2.33. The number of likely N-dealkylation sites (tertiary alicyclic amines) is 1. The molecule has 2 fully saturated rings. The van der Waals surface area contributed by atoms with Crippen LogP contribution in [0.1, 0.15) is 67.1 Å². The largest absolute Gasteiger partial charge is 0.481 e. The van der Waals surface area contributed by atoms with Gasteiger partial charge < -0.3 is 15.0 Å². The van der Waals surface area contributed by atoms with Crippen LogP contribution in [0.15, 0.2) is 6.07 Å². The molecule has 1 N–H and O–H groups in total. The zero-order valence-electron chi connectivity index (χ0n) is 16.9. The molecule has 4 rings (SSSR count). The summed E-state index contributed by atoms with van der Waals surface area (Å²) in [6, 6.07) is 2.14. The van der Waals surface area contributed by atoms with Gasteiger partial charge in [-0.3, -0.25) is 14.5 Å². The Balaban J connectivity index is 1.48. The van der Waals surface area contributed by atoms with Gasteiger partial charge in [0.25, 0.3) is 5.91 Å². The zero-order chi connectivity index (χ0) is 19.7. The van der Waals surface area contributed by atoms with Gasteiger partial charge >= 0.3 is 0 Å². The first-order valence-corrected chi connectivity index (χ1v) is 10.5. The second-order valence-corrected chi connectivity index (χ2v) is 8.03. The number of ether oxygens (including phenoxy) is 1. The fourth-order valence-electron chi connectivity index (χ4n) is 4.88. The number of nitrogens with zero attached hydrogens (tertiary/aromatic N) is 3. The highest BCUT2D eigenvalue weighted by Gasteiger charge is 2.36. The second kappa shape index (κ2) is 8.07. The first-order valence-electron chi connectivity index (χ1n) is 10.5. The number of fused-ring (bicyclic) bond motifs is 1. The van der Waals surface area contributed by atoms with Crippen molar-refractivity contribution in [3.8, 4) is 5.88 Å². The number of rotatable bonds is 6. The van der Waals surface area contributed by atoms with Crippen molar-refractivity contribution in [1.82, 2.24) is 20.1 Å². The number of amides is 2. The molecular weight excluding hydrogens is 356 g/mol. The van der Waals surface area contributed by atoms with Gasteiger partial charge in [0, 0.05) is 18.2 Å². The molecular formula is C21H30N4O3. The molecule has 0 bridgehead atoms. The Morgan fingerprint density at radius 1 is 1.29 bits per heavy atom. The van der Waals surface area contributed by atoms with Crippen LogP contribution in [0.2, 0.25) is 0 Å². The number of hydrogen-bond donors (Lipinski definition) is 1. The average molecular weight is 386 g/mol. The highest BCUT2D eigenvalue weighted by atomic mass is 16.5. The summed E-state index contributed by atoms with van der Waals surface area (Å²) in [5, 5.41) is 3.03. The average Bonchev–Trinajstić information content (AvgIpc) is 3.45. The van der Waals surface area contributed by atoms with Crippen molar-refractivity contribution < 1.29 is 14.3 Å². The Labute approximate surface area is 166 Å². The van der Waals surface area contributed by atoms with Crippen molar-refractivity contribution in [2.75, 3.05) is 20.2 Å². The van der Waals surface area contributed by atoms with Gasteiger partial charge in [0.1, 0.15) is 0 Å². The molecule has 1 saturated carbocycles. The van der Waals surface area contributed by atoms with E-state index >= 15 is 0 Å². The van der Waals surface area contributed by atoms with Crippen molar-refractivity contribution in [3.05, 3.63) is 22.9 Å². The molecule has 1 aromatic heterocycles. The molecule has 0 spiro atoms. The molecule has 1 saturated heterocycles. The van der Waals surface area contributed by atoms with Crippen LogP contribution < -0.4 is 10.1 Å². The Hall–Kier alpha value is -2.15. The van der Waals surface area contributed by atoms with E-state index in [0.29, 0.717) is 30.6 Å². The summed E-state index contributed by atoms with van der Waals surface area (Å²) in [6.45, 7) is 4.83. The number of likely N-dealkylation sites (N-methyl/N-ethyl adjacent to an activating group) is 1. The van der Waals surface area contributed by atoms with E-state index in [1.807, 2.05) is 11.0 Å². The quantitative estimate of drug-likeness (QED) is 0.810. The van der Waals surface area contributed by atoms with Crippen molar-refractivity contribution in [2.45, 2.75) is 70.6 Å². The van der Waals surface area contributed by atoms with Crippen LogP contribution in [0.25, 0.3) is 0 Å². The summed E-state index contributed by atoms with van der Waals surface area (Å²) in [6.07, 6.45) is 6.49. The summed E-state index contributed by atoms with van der Waals surface area (Å²) in [5.74, 6) is 0.609. The summed E-state index contributed by atoms with van der Waals surface area (Å²) in [5.41, 5.74) is 2.21. The van der Waals surface area contributed by atoms with Crippen LogP contribution >= 0.6 is 0 Å². The molecule has 2 aliphatic heterocycles. The fourth-order valence-corrected chi connectivity index (χ4v) is 4.88. The third-order valence-corrected chi connectivity index (χ3v) is 6.44. The van der Waals surface area contributed by atoms with E-state index in [9.17, 15) is 9.59 Å². The van der Waals surface area contributed by atoms with Crippen molar-refractivity contribution in [3.63, 3.8) is 0 Å². The van der Waals surface area contributed by atoms with Gasteiger partial charge in [-0.2, -0.15) is 0 Å². The van der Waals surface area contributed by atoms with Gasteiger partial charge in [0.15, 0.2) is 0 Å². The lowest BCUT2D eigenvalue weighted by atomic mass is 10.1. The van der Waals surface area contributed by atoms with Gasteiger partial charge in [0.05, 0.1) is 31.0 Å². The third-order valence-electron chi connectivity index (χ3n) is 6.44. The van der Waals surface area contributed by atoms with Gasteiger partial charge in [-0.05, 0) is 44.8 Å². The summed E-state index contributed by atoms with van der Waals surface area (Å²) in [4.78, 5) is 34.3. The Morgan fingerprint density at radius 2 is 2.07 bits per heavy atom. The molecule has 28 heavy (non-hydrogen) atoms. The van der Waals surface area contributed by atoms with Crippen molar-refractivity contribution >= 4 is 11.8 Å². The van der Waals surface area contributed by atoms with Crippen LogP contribution in [-0.4, -0.2) is 58.9 Å². The summed E-state index contributed by atoms with van der Waals surface area (Å²) >= 11 is 0. The first kappa shape index (κ1) is 19.2. The molecule has 1 aliphatic carbocycles. The first-order chi connectivity index (χ1) is 13.6. The highest BCUT2D eigenvalue weighted by molar-refractivity contribution is 5.98. The molecule has 1 atom stereocenters. The third kappa shape index (κ3) is 3.48. The molecule has 3 aliphatic rings. The molecule has 2 amide bonds. The number of nitrogens with one attached hydrogen (secondary N) is 1. The van der Waals surface area contributed by atoms with Crippen LogP contribution in [0, 0.1) is 0 Å². The number of carbonyl (C=O) groups is 2. The van der Waals surface area contributed by atoms with Gasteiger partial charge in [-0.25, -0.2) is 4.98 Å². The van der Waals surface area contributed by atoms with E-state index in [0.717, 1.165) is 50.0 Å². The van der Waals surface area contributed by atoms with E-state index in [1.165, 1.54) is 12.8 Å². The van der Waals surface area contributed by atoms with Gasteiger partial charge in [0.2, 0.25) is 11.8 Å². The van der Waals surface area contributed by atoms with Crippen LogP contribution in [0.4, 0.5) is 0 Å². The smallest absolute Gasteiger partial charge is 0.256 e. The molecule has 0 aromatic carbocycles. The number of pyridine rings is 1. The molecule has 7 nitrogen and oxygen atoms in total. The lowest BCUT2D eigenvalue weighted by Gasteiger charge is -2.22. The topological polar surface area (TPSA) is 74.8 Å².